The Balaban J connectivity index is 1.23. The molecule has 0 aromatic heterocycles. The molecule has 5 heteroatoms. The molecule has 2 heterocycles. The summed E-state index contributed by atoms with van der Waals surface area (Å²) in [5.41, 5.74) is 3.60. The summed E-state index contributed by atoms with van der Waals surface area (Å²) in [6.07, 6.45) is 5.80. The molecule has 202 valence electrons. The van der Waals surface area contributed by atoms with E-state index < -0.39 is 11.0 Å². The van der Waals surface area contributed by atoms with Gasteiger partial charge in [0.25, 0.3) is 0 Å². The number of likely N-dealkylation sites (tertiary alicyclic amines) is 1. The zero-order chi connectivity index (χ0) is 26.2. The number of nitrogens with zero attached hydrogens (tertiary/aromatic N) is 2. The van der Waals surface area contributed by atoms with Gasteiger partial charge in [-0.25, -0.2) is 0 Å². The molecule has 2 N–H and O–H groups in total. The number of hydrogen-bond acceptors (Lipinski definition) is 5. The molecule has 2 aliphatic heterocycles. The molecule has 1 saturated heterocycles. The maximum absolute atomic E-state index is 12.9. The van der Waals surface area contributed by atoms with Gasteiger partial charge in [-0.3, -0.25) is 9.80 Å². The van der Waals surface area contributed by atoms with Crippen LogP contribution in [-0.4, -0.2) is 56.9 Å². The van der Waals surface area contributed by atoms with Crippen molar-refractivity contribution in [2.75, 3.05) is 13.1 Å². The standard InChI is InChI=1S/C34H38N2O3/c37-28-14-13-26-19-29-34(38)16-15-27(36(21-23-7-3-1-4-8-23)22-24-9-5-2-6-10-24)32-33(34,30(26)31(28)39-32)17-18-35(29)20-25-11-12-25/h1-10,13-14,25,27,29,32,37-38H,11-12,15-22H2/t27-,29-,32+,33+,34?/m1/s1. The normalized spacial score (nSPS) is 32.6. The number of aromatic hydroxyl groups is 1. The predicted octanol–water partition coefficient (Wildman–Crippen LogP) is 5.03. The first-order chi connectivity index (χ1) is 19.1. The van der Waals surface area contributed by atoms with Crippen molar-refractivity contribution in [3.05, 3.63) is 95.1 Å². The highest BCUT2D eigenvalue weighted by molar-refractivity contribution is 5.62. The Labute approximate surface area is 231 Å². The Kier molecular flexibility index (Phi) is 5.42. The molecule has 1 spiro atoms. The Hall–Kier alpha value is -2.86. The molecule has 39 heavy (non-hydrogen) atoms. The Morgan fingerprint density at radius 3 is 2.23 bits per heavy atom. The lowest BCUT2D eigenvalue weighted by atomic mass is 9.48. The van der Waals surface area contributed by atoms with Crippen LogP contribution in [0.4, 0.5) is 0 Å². The van der Waals surface area contributed by atoms with Crippen LogP contribution in [0.15, 0.2) is 72.8 Å². The van der Waals surface area contributed by atoms with Gasteiger partial charge >= 0.3 is 0 Å². The summed E-state index contributed by atoms with van der Waals surface area (Å²) >= 11 is 0. The number of benzene rings is 3. The van der Waals surface area contributed by atoms with Crippen molar-refractivity contribution in [1.82, 2.24) is 9.80 Å². The van der Waals surface area contributed by atoms with Crippen LogP contribution in [0.5, 0.6) is 11.5 Å². The van der Waals surface area contributed by atoms with Gasteiger partial charge in [-0.2, -0.15) is 0 Å². The Morgan fingerprint density at radius 2 is 1.56 bits per heavy atom. The van der Waals surface area contributed by atoms with Crippen LogP contribution in [0.2, 0.25) is 0 Å². The zero-order valence-electron chi connectivity index (χ0n) is 22.5. The van der Waals surface area contributed by atoms with E-state index in [1.165, 1.54) is 29.5 Å². The first-order valence-electron chi connectivity index (χ1n) is 14.9. The van der Waals surface area contributed by atoms with Crippen molar-refractivity contribution >= 4 is 0 Å². The smallest absolute Gasteiger partial charge is 0.165 e. The lowest BCUT2D eigenvalue weighted by Gasteiger charge is -2.65. The maximum atomic E-state index is 12.9. The second-order valence-electron chi connectivity index (χ2n) is 12.8. The molecule has 5 atom stereocenters. The lowest BCUT2D eigenvalue weighted by molar-refractivity contribution is -0.202. The summed E-state index contributed by atoms with van der Waals surface area (Å²) in [4.78, 5) is 5.19. The fourth-order valence-electron chi connectivity index (χ4n) is 8.76. The third-order valence-corrected chi connectivity index (χ3v) is 10.7. The minimum Gasteiger partial charge on any atom is -0.504 e. The summed E-state index contributed by atoms with van der Waals surface area (Å²) in [6, 6.07) is 25.6. The third-order valence-electron chi connectivity index (χ3n) is 10.7. The van der Waals surface area contributed by atoms with Crippen molar-refractivity contribution in [3.8, 4) is 11.5 Å². The fraction of sp³-hybridized carbons (Fsp3) is 0.471. The molecule has 3 aromatic rings. The van der Waals surface area contributed by atoms with Gasteiger partial charge in [0, 0.05) is 37.3 Å². The second kappa shape index (κ2) is 8.82. The molecule has 2 bridgehead atoms. The van der Waals surface area contributed by atoms with Gasteiger partial charge in [0.05, 0.1) is 11.0 Å². The van der Waals surface area contributed by atoms with E-state index in [1.807, 2.05) is 6.07 Å². The molecule has 3 aliphatic carbocycles. The highest BCUT2D eigenvalue weighted by Crippen LogP contribution is 2.66. The second-order valence-corrected chi connectivity index (χ2v) is 12.8. The predicted molar refractivity (Wildman–Crippen MR) is 151 cm³/mol. The number of phenolic OH excluding ortho intramolecular Hbond substituents is 1. The van der Waals surface area contributed by atoms with Crippen LogP contribution in [0, 0.1) is 5.92 Å². The molecule has 5 nitrogen and oxygen atoms in total. The number of piperidine rings is 1. The van der Waals surface area contributed by atoms with Gasteiger partial charge in [-0.15, -0.1) is 0 Å². The number of aliphatic hydroxyl groups is 1. The molecule has 2 saturated carbocycles. The summed E-state index contributed by atoms with van der Waals surface area (Å²) in [5, 5.41) is 23.9. The average Bonchev–Trinajstić information content (AvgIpc) is 3.70. The van der Waals surface area contributed by atoms with Crippen molar-refractivity contribution in [2.24, 2.45) is 5.92 Å². The summed E-state index contributed by atoms with van der Waals surface area (Å²) < 4.78 is 6.90. The van der Waals surface area contributed by atoms with Crippen molar-refractivity contribution in [1.29, 1.82) is 0 Å². The van der Waals surface area contributed by atoms with E-state index in [2.05, 4.69) is 76.5 Å². The lowest BCUT2D eigenvalue weighted by Crippen LogP contribution is -2.78. The largest absolute Gasteiger partial charge is 0.504 e. The van der Waals surface area contributed by atoms with Gasteiger partial charge < -0.3 is 14.9 Å². The fourth-order valence-corrected chi connectivity index (χ4v) is 8.76. The number of hydrogen-bond donors (Lipinski definition) is 2. The van der Waals surface area contributed by atoms with Crippen molar-refractivity contribution in [3.63, 3.8) is 0 Å². The van der Waals surface area contributed by atoms with E-state index in [-0.39, 0.29) is 23.9 Å². The van der Waals surface area contributed by atoms with E-state index in [9.17, 15) is 10.2 Å². The van der Waals surface area contributed by atoms with E-state index in [0.717, 1.165) is 63.3 Å². The van der Waals surface area contributed by atoms with E-state index >= 15 is 0 Å². The van der Waals surface area contributed by atoms with E-state index in [1.54, 1.807) is 0 Å². The maximum Gasteiger partial charge on any atom is 0.165 e. The van der Waals surface area contributed by atoms with Crippen LogP contribution in [-0.2, 0) is 24.9 Å². The number of rotatable bonds is 7. The molecule has 8 rings (SSSR count). The minimum atomic E-state index is -0.849. The monoisotopic (exact) mass is 522 g/mol. The SMILES string of the molecule is Oc1ccc2c3c1O[C@H]1[C@H](N(Cc4ccccc4)Cc4ccccc4)CCC4(O)[C@@H](C2)N(CC2CC2)CC[C@]314. The zero-order valence-corrected chi connectivity index (χ0v) is 22.5. The Morgan fingerprint density at radius 1 is 0.872 bits per heavy atom. The van der Waals surface area contributed by atoms with E-state index in [4.69, 9.17) is 4.74 Å². The van der Waals surface area contributed by atoms with Crippen LogP contribution in [0.3, 0.4) is 0 Å². The number of phenols is 1. The Bertz CT molecular complexity index is 1330. The first kappa shape index (κ1) is 24.0. The van der Waals surface area contributed by atoms with Crippen LogP contribution in [0.1, 0.15) is 54.4 Å². The average molecular weight is 523 g/mol. The van der Waals surface area contributed by atoms with Gasteiger partial charge in [0.15, 0.2) is 11.5 Å². The van der Waals surface area contributed by atoms with Gasteiger partial charge in [0.1, 0.15) is 6.10 Å². The molecule has 5 aliphatic rings. The van der Waals surface area contributed by atoms with Gasteiger partial charge in [-0.05, 0) is 73.7 Å². The molecule has 1 unspecified atom stereocenters. The first-order valence-corrected chi connectivity index (χ1v) is 14.9. The topological polar surface area (TPSA) is 56.2 Å². The summed E-state index contributed by atoms with van der Waals surface area (Å²) in [5.74, 6) is 1.64. The minimum absolute atomic E-state index is 0.110. The van der Waals surface area contributed by atoms with Crippen molar-refractivity contribution in [2.45, 2.75) is 80.8 Å². The molecule has 0 amide bonds. The quantitative estimate of drug-likeness (QED) is 0.456. The molecular weight excluding hydrogens is 484 g/mol. The van der Waals surface area contributed by atoms with Crippen LogP contribution in [0.25, 0.3) is 0 Å². The third kappa shape index (κ3) is 3.56. The molecule has 3 aromatic carbocycles. The molecule has 0 radical (unpaired) electrons. The highest BCUT2D eigenvalue weighted by Gasteiger charge is 2.73. The highest BCUT2D eigenvalue weighted by atomic mass is 16.5. The van der Waals surface area contributed by atoms with Crippen LogP contribution >= 0.6 is 0 Å². The molecular formula is C34H38N2O3. The number of ether oxygens (including phenoxy) is 1. The van der Waals surface area contributed by atoms with Gasteiger partial charge in [-0.1, -0.05) is 66.7 Å². The van der Waals surface area contributed by atoms with Gasteiger partial charge in [0.2, 0.25) is 0 Å². The summed E-state index contributed by atoms with van der Waals surface area (Å²) in [7, 11) is 0. The van der Waals surface area contributed by atoms with E-state index in [0.29, 0.717) is 5.75 Å². The summed E-state index contributed by atoms with van der Waals surface area (Å²) in [6.45, 7) is 3.73. The molecule has 3 fully saturated rings. The van der Waals surface area contributed by atoms with Crippen LogP contribution < -0.4 is 4.74 Å². The van der Waals surface area contributed by atoms with Crippen molar-refractivity contribution < 1.29 is 14.9 Å².